The van der Waals surface area contributed by atoms with Gasteiger partial charge in [-0.2, -0.15) is 0 Å². The average Bonchev–Trinajstić information content (AvgIpc) is 3.40. The van der Waals surface area contributed by atoms with Crippen LogP contribution in [-0.4, -0.2) is 24.7 Å². The first-order chi connectivity index (χ1) is 11.6. The lowest BCUT2D eigenvalue weighted by Gasteiger charge is -2.13. The van der Waals surface area contributed by atoms with Gasteiger partial charge in [-0.1, -0.05) is 41.9 Å². The Kier molecular flexibility index (Phi) is 5.07. The molecule has 3 atom stereocenters. The highest BCUT2D eigenvalue weighted by atomic mass is 35.5. The van der Waals surface area contributed by atoms with Gasteiger partial charge in [0.1, 0.15) is 5.75 Å². The van der Waals surface area contributed by atoms with E-state index in [0.29, 0.717) is 16.3 Å². The molecule has 0 spiro atoms. The van der Waals surface area contributed by atoms with E-state index in [0.717, 1.165) is 12.0 Å². The van der Waals surface area contributed by atoms with Gasteiger partial charge >= 0.3 is 0 Å². The molecular weight excluding hydrogens is 326 g/mol. The van der Waals surface area contributed by atoms with Gasteiger partial charge in [-0.3, -0.25) is 4.79 Å². The van der Waals surface area contributed by atoms with Gasteiger partial charge in [0.15, 0.2) is 0 Å². The third-order valence-electron chi connectivity index (χ3n) is 4.38. The number of nitrogens with one attached hydrogen (secondary N) is 1. The Balaban J connectivity index is 1.54. The number of hydrogen-bond donors (Lipinski definition) is 2. The molecule has 5 heteroatoms. The predicted molar refractivity (Wildman–Crippen MR) is 93.3 cm³/mol. The largest absolute Gasteiger partial charge is 0.497 e. The second-order valence-electron chi connectivity index (χ2n) is 6.01. The molecule has 1 aliphatic rings. The highest BCUT2D eigenvalue weighted by Crippen LogP contribution is 2.49. The Labute approximate surface area is 146 Å². The van der Waals surface area contributed by atoms with E-state index in [1.807, 2.05) is 42.5 Å². The monoisotopic (exact) mass is 345 g/mol. The minimum absolute atomic E-state index is 0.0399. The van der Waals surface area contributed by atoms with Crippen molar-refractivity contribution in [1.82, 2.24) is 5.32 Å². The molecule has 1 aliphatic carbocycles. The lowest BCUT2D eigenvalue weighted by molar-refractivity contribution is -0.122. The minimum atomic E-state index is -0.762. The molecule has 1 fully saturated rings. The normalized spacial score (nSPS) is 20.3. The number of aliphatic hydroxyl groups excluding tert-OH is 1. The van der Waals surface area contributed by atoms with Gasteiger partial charge in [-0.25, -0.2) is 0 Å². The number of carbonyl (C=O) groups excluding carboxylic acids is 1. The van der Waals surface area contributed by atoms with Crippen LogP contribution in [0.2, 0.25) is 5.02 Å². The van der Waals surface area contributed by atoms with Crippen molar-refractivity contribution >= 4 is 17.5 Å². The number of aliphatic hydroxyl groups is 1. The molecule has 2 aromatic rings. The number of carbonyl (C=O) groups is 1. The third-order valence-corrected chi connectivity index (χ3v) is 4.72. The summed E-state index contributed by atoms with van der Waals surface area (Å²) in [4.78, 5) is 12.3. The fourth-order valence-electron chi connectivity index (χ4n) is 2.90. The lowest BCUT2D eigenvalue weighted by Crippen LogP contribution is -2.30. The average molecular weight is 346 g/mol. The molecule has 2 aromatic carbocycles. The maximum atomic E-state index is 12.3. The predicted octanol–water partition coefficient (Wildman–Crippen LogP) is 3.30. The van der Waals surface area contributed by atoms with E-state index in [1.165, 1.54) is 0 Å². The Hall–Kier alpha value is -2.04. The van der Waals surface area contributed by atoms with Gasteiger partial charge in [-0.15, -0.1) is 0 Å². The number of halogens is 1. The number of amides is 1. The Morgan fingerprint density at radius 3 is 2.88 bits per heavy atom. The first-order valence-electron chi connectivity index (χ1n) is 7.94. The third kappa shape index (κ3) is 3.71. The van der Waals surface area contributed by atoms with Crippen LogP contribution in [0.15, 0.2) is 48.5 Å². The van der Waals surface area contributed by atoms with Gasteiger partial charge < -0.3 is 15.2 Å². The summed E-state index contributed by atoms with van der Waals surface area (Å²) >= 11 is 6.18. The lowest BCUT2D eigenvalue weighted by atomic mass is 10.1. The van der Waals surface area contributed by atoms with Gasteiger partial charge in [0.25, 0.3) is 0 Å². The summed E-state index contributed by atoms with van der Waals surface area (Å²) in [5.41, 5.74) is 1.74. The highest BCUT2D eigenvalue weighted by molar-refractivity contribution is 6.31. The zero-order valence-electron chi connectivity index (χ0n) is 13.4. The quantitative estimate of drug-likeness (QED) is 0.844. The van der Waals surface area contributed by atoms with Crippen molar-refractivity contribution in [2.45, 2.75) is 18.4 Å². The van der Waals surface area contributed by atoms with Crippen molar-refractivity contribution in [3.05, 3.63) is 64.7 Å². The molecule has 0 aliphatic heterocycles. The topological polar surface area (TPSA) is 58.6 Å². The zero-order valence-corrected chi connectivity index (χ0v) is 14.2. The Bertz CT molecular complexity index is 734. The van der Waals surface area contributed by atoms with Gasteiger partial charge in [0.2, 0.25) is 5.91 Å². The summed E-state index contributed by atoms with van der Waals surface area (Å²) in [5, 5.41) is 13.8. The van der Waals surface area contributed by atoms with E-state index >= 15 is 0 Å². The summed E-state index contributed by atoms with van der Waals surface area (Å²) in [6, 6.07) is 14.8. The van der Waals surface area contributed by atoms with Crippen molar-refractivity contribution in [2.24, 2.45) is 5.92 Å². The van der Waals surface area contributed by atoms with Crippen LogP contribution in [-0.2, 0) is 4.79 Å². The molecule has 24 heavy (non-hydrogen) atoms. The summed E-state index contributed by atoms with van der Waals surface area (Å²) in [6.07, 6.45) is 0.0340. The molecule has 0 unspecified atom stereocenters. The Morgan fingerprint density at radius 2 is 2.12 bits per heavy atom. The second-order valence-corrected chi connectivity index (χ2v) is 6.41. The van der Waals surface area contributed by atoms with Crippen LogP contribution in [0.4, 0.5) is 0 Å². The molecule has 0 aromatic heterocycles. The molecule has 3 rings (SSSR count). The molecule has 0 heterocycles. The summed E-state index contributed by atoms with van der Waals surface area (Å²) in [5.74, 6) is 0.746. The summed E-state index contributed by atoms with van der Waals surface area (Å²) in [6.45, 7) is 0.178. The van der Waals surface area contributed by atoms with E-state index in [9.17, 15) is 9.90 Å². The maximum absolute atomic E-state index is 12.3. The molecule has 0 saturated heterocycles. The van der Waals surface area contributed by atoms with E-state index in [-0.39, 0.29) is 24.3 Å². The van der Waals surface area contributed by atoms with Crippen LogP contribution in [0, 0.1) is 5.92 Å². The molecule has 4 nitrogen and oxygen atoms in total. The number of ether oxygens (including phenoxy) is 1. The molecule has 126 valence electrons. The fourth-order valence-corrected chi connectivity index (χ4v) is 3.18. The molecule has 0 bridgehead atoms. The van der Waals surface area contributed by atoms with Gasteiger partial charge in [-0.05, 0) is 41.7 Å². The minimum Gasteiger partial charge on any atom is -0.497 e. The van der Waals surface area contributed by atoms with Crippen molar-refractivity contribution in [2.75, 3.05) is 13.7 Å². The maximum Gasteiger partial charge on any atom is 0.223 e. The second kappa shape index (κ2) is 7.24. The summed E-state index contributed by atoms with van der Waals surface area (Å²) in [7, 11) is 1.58. The van der Waals surface area contributed by atoms with Crippen molar-refractivity contribution in [3.63, 3.8) is 0 Å². The molecular formula is C19H20ClNO3. The fraction of sp³-hybridized carbons (Fsp3) is 0.316. The van der Waals surface area contributed by atoms with Crippen molar-refractivity contribution in [1.29, 1.82) is 0 Å². The standard InChI is InChI=1S/C19H20ClNO3/c1-24-13-6-4-5-12(9-13)18(22)11-21-19(23)16-10-15(16)14-7-2-3-8-17(14)20/h2-9,15-16,18,22H,10-11H2,1H3,(H,21,23)/t15-,16+,18+/m0/s1. The van der Waals surface area contributed by atoms with Crippen LogP contribution < -0.4 is 10.1 Å². The van der Waals surface area contributed by atoms with Gasteiger partial charge in [0.05, 0.1) is 13.2 Å². The van der Waals surface area contributed by atoms with E-state index in [2.05, 4.69) is 5.32 Å². The zero-order chi connectivity index (χ0) is 17.1. The number of benzene rings is 2. The van der Waals surface area contributed by atoms with Crippen molar-refractivity contribution in [3.8, 4) is 5.75 Å². The Morgan fingerprint density at radius 1 is 1.33 bits per heavy atom. The molecule has 1 amide bonds. The first-order valence-corrected chi connectivity index (χ1v) is 8.32. The number of hydrogen-bond acceptors (Lipinski definition) is 3. The first kappa shape index (κ1) is 16.8. The van der Waals surface area contributed by atoms with Crippen LogP contribution in [0.25, 0.3) is 0 Å². The smallest absolute Gasteiger partial charge is 0.223 e. The van der Waals surface area contributed by atoms with Crippen LogP contribution >= 0.6 is 11.6 Å². The van der Waals surface area contributed by atoms with E-state index < -0.39 is 6.10 Å². The number of rotatable bonds is 6. The number of methoxy groups -OCH3 is 1. The summed E-state index contributed by atoms with van der Waals surface area (Å²) < 4.78 is 5.14. The van der Waals surface area contributed by atoms with Crippen LogP contribution in [0.1, 0.15) is 29.6 Å². The molecule has 0 radical (unpaired) electrons. The van der Waals surface area contributed by atoms with E-state index in [1.54, 1.807) is 13.2 Å². The molecule has 2 N–H and O–H groups in total. The van der Waals surface area contributed by atoms with E-state index in [4.69, 9.17) is 16.3 Å². The van der Waals surface area contributed by atoms with Gasteiger partial charge in [0, 0.05) is 17.5 Å². The van der Waals surface area contributed by atoms with Crippen LogP contribution in [0.5, 0.6) is 5.75 Å². The highest BCUT2D eigenvalue weighted by Gasteiger charge is 2.44. The van der Waals surface area contributed by atoms with Crippen molar-refractivity contribution < 1.29 is 14.6 Å². The molecule has 1 saturated carbocycles. The SMILES string of the molecule is COc1cccc([C@H](O)CNC(=O)[C@@H]2C[C@H]2c2ccccc2Cl)c1. The van der Waals surface area contributed by atoms with Crippen LogP contribution in [0.3, 0.4) is 0 Å².